The maximum absolute atomic E-state index is 13.4. The van der Waals surface area contributed by atoms with Crippen molar-refractivity contribution >= 4 is 5.91 Å². The van der Waals surface area contributed by atoms with Gasteiger partial charge in [0.15, 0.2) is 0 Å². The molecule has 1 aliphatic rings. The summed E-state index contributed by atoms with van der Waals surface area (Å²) < 4.78 is 1.99. The molecule has 1 amide bonds. The van der Waals surface area contributed by atoms with E-state index in [-0.39, 0.29) is 11.8 Å². The van der Waals surface area contributed by atoms with Crippen LogP contribution in [0.15, 0.2) is 66.9 Å². The fraction of sp³-hybridized carbons (Fsp3) is 0.321. The summed E-state index contributed by atoms with van der Waals surface area (Å²) in [6, 6.07) is 20.5. The van der Waals surface area contributed by atoms with Gasteiger partial charge in [0.2, 0.25) is 0 Å². The lowest BCUT2D eigenvalue weighted by Crippen LogP contribution is -2.39. The van der Waals surface area contributed by atoms with E-state index in [9.17, 15) is 4.79 Å². The lowest BCUT2D eigenvalue weighted by Gasteiger charge is -2.33. The first-order chi connectivity index (χ1) is 16.6. The highest BCUT2D eigenvalue weighted by molar-refractivity contribution is 5.94. The number of amides is 1. The monoisotopic (exact) mass is 453 g/mol. The van der Waals surface area contributed by atoms with Crippen LogP contribution in [0.3, 0.4) is 0 Å². The van der Waals surface area contributed by atoms with Crippen LogP contribution >= 0.6 is 0 Å². The van der Waals surface area contributed by atoms with E-state index < -0.39 is 0 Å². The van der Waals surface area contributed by atoms with Gasteiger partial charge in [-0.2, -0.15) is 10.2 Å². The van der Waals surface area contributed by atoms with Gasteiger partial charge in [-0.15, -0.1) is 0 Å². The van der Waals surface area contributed by atoms with Crippen molar-refractivity contribution in [2.75, 3.05) is 13.1 Å². The zero-order valence-electron chi connectivity index (χ0n) is 19.9. The third-order valence-corrected chi connectivity index (χ3v) is 6.72. The molecule has 1 N–H and O–H groups in total. The lowest BCUT2D eigenvalue weighted by molar-refractivity contribution is 0.0705. The molecular weight excluding hydrogens is 422 g/mol. The highest BCUT2D eigenvalue weighted by Gasteiger charge is 2.28. The normalized spacial score (nSPS) is 16.1. The maximum Gasteiger partial charge on any atom is 0.253 e. The molecular formula is C28H31N5O. The third-order valence-electron chi connectivity index (χ3n) is 6.72. The molecule has 34 heavy (non-hydrogen) atoms. The number of carbonyl (C=O) groups is 1. The summed E-state index contributed by atoms with van der Waals surface area (Å²) in [5.41, 5.74) is 7.62. The molecule has 1 saturated heterocycles. The summed E-state index contributed by atoms with van der Waals surface area (Å²) in [6.07, 6.45) is 4.84. The molecule has 6 nitrogen and oxygen atoms in total. The quantitative estimate of drug-likeness (QED) is 0.452. The summed E-state index contributed by atoms with van der Waals surface area (Å²) in [5.74, 6) is 0.376. The Morgan fingerprint density at radius 1 is 1.06 bits per heavy atom. The van der Waals surface area contributed by atoms with Crippen LogP contribution in [0.1, 0.15) is 62.9 Å². The van der Waals surface area contributed by atoms with Crippen LogP contribution in [0, 0.1) is 13.8 Å². The van der Waals surface area contributed by atoms with Gasteiger partial charge in [-0.05, 0) is 61.6 Å². The molecule has 5 rings (SSSR count). The summed E-state index contributed by atoms with van der Waals surface area (Å²) in [4.78, 5) is 15.4. The molecule has 6 heteroatoms. The van der Waals surface area contributed by atoms with Crippen molar-refractivity contribution in [1.29, 1.82) is 0 Å². The van der Waals surface area contributed by atoms with E-state index in [0.29, 0.717) is 13.1 Å². The molecule has 4 aromatic rings. The minimum atomic E-state index is 0.101. The van der Waals surface area contributed by atoms with Crippen molar-refractivity contribution in [1.82, 2.24) is 24.9 Å². The fourth-order valence-electron chi connectivity index (χ4n) is 5.02. The molecule has 3 heterocycles. The Kier molecular flexibility index (Phi) is 6.30. The highest BCUT2D eigenvalue weighted by atomic mass is 16.2. The molecule has 0 aliphatic carbocycles. The summed E-state index contributed by atoms with van der Waals surface area (Å²) >= 11 is 0. The Balaban J connectivity index is 1.30. The van der Waals surface area contributed by atoms with Gasteiger partial charge in [0, 0.05) is 42.4 Å². The van der Waals surface area contributed by atoms with Gasteiger partial charge in [0.05, 0.1) is 18.4 Å². The number of aromatic amines is 1. The Morgan fingerprint density at radius 3 is 2.68 bits per heavy atom. The van der Waals surface area contributed by atoms with Gasteiger partial charge < -0.3 is 4.90 Å². The number of likely N-dealkylation sites (tertiary alicyclic amines) is 1. The number of nitrogens with one attached hydrogen (secondary N) is 1. The largest absolute Gasteiger partial charge is 0.338 e. The molecule has 174 valence electrons. The number of aryl methyl sites for hydroxylation is 2. The van der Waals surface area contributed by atoms with Crippen LogP contribution in [0.2, 0.25) is 0 Å². The Morgan fingerprint density at radius 2 is 1.88 bits per heavy atom. The van der Waals surface area contributed by atoms with Crippen LogP contribution in [-0.4, -0.2) is 43.9 Å². The first-order valence-electron chi connectivity index (χ1n) is 12.0. The van der Waals surface area contributed by atoms with Gasteiger partial charge in [0.25, 0.3) is 5.91 Å². The zero-order valence-corrected chi connectivity index (χ0v) is 19.9. The van der Waals surface area contributed by atoms with Crippen molar-refractivity contribution in [2.24, 2.45) is 0 Å². The first-order valence-corrected chi connectivity index (χ1v) is 12.0. The fourth-order valence-corrected chi connectivity index (χ4v) is 5.02. The smallest absolute Gasteiger partial charge is 0.253 e. The Hall–Kier alpha value is -3.67. The average molecular weight is 454 g/mol. The number of piperidine rings is 1. The molecule has 2 aromatic carbocycles. The number of benzene rings is 2. The van der Waals surface area contributed by atoms with Crippen molar-refractivity contribution in [3.63, 3.8) is 0 Å². The second-order valence-corrected chi connectivity index (χ2v) is 9.35. The van der Waals surface area contributed by atoms with Gasteiger partial charge in [-0.25, -0.2) is 0 Å². The van der Waals surface area contributed by atoms with Crippen molar-refractivity contribution in [3.8, 4) is 0 Å². The van der Waals surface area contributed by atoms with E-state index in [1.54, 1.807) is 0 Å². The van der Waals surface area contributed by atoms with Gasteiger partial charge in [-0.1, -0.05) is 42.5 Å². The predicted octanol–water partition coefficient (Wildman–Crippen LogP) is 4.88. The molecule has 0 unspecified atom stereocenters. The van der Waals surface area contributed by atoms with E-state index in [2.05, 4.69) is 58.6 Å². The number of rotatable bonds is 6. The number of carbonyl (C=O) groups excluding carboxylic acids is 1. The van der Waals surface area contributed by atoms with Crippen molar-refractivity contribution in [2.45, 2.75) is 45.6 Å². The predicted molar refractivity (Wildman–Crippen MR) is 133 cm³/mol. The summed E-state index contributed by atoms with van der Waals surface area (Å²) in [7, 11) is 0. The molecule has 1 aliphatic heterocycles. The summed E-state index contributed by atoms with van der Waals surface area (Å²) in [5, 5.41) is 12.1. The van der Waals surface area contributed by atoms with Crippen molar-refractivity contribution < 1.29 is 4.79 Å². The van der Waals surface area contributed by atoms with E-state index in [1.165, 1.54) is 16.8 Å². The molecule has 1 fully saturated rings. The summed E-state index contributed by atoms with van der Waals surface area (Å²) in [6.45, 7) is 6.23. The topological polar surface area (TPSA) is 66.8 Å². The number of aromatic nitrogens is 4. The Labute approximate surface area is 200 Å². The van der Waals surface area contributed by atoms with Crippen molar-refractivity contribution in [3.05, 3.63) is 106 Å². The van der Waals surface area contributed by atoms with E-state index >= 15 is 0 Å². The number of hydrogen-bond donors (Lipinski definition) is 1. The number of H-pyrrole nitrogens is 1. The highest BCUT2D eigenvalue weighted by Crippen LogP contribution is 2.30. The molecule has 1 atom stereocenters. The van der Waals surface area contributed by atoms with Crippen LogP contribution in [0.5, 0.6) is 0 Å². The van der Waals surface area contributed by atoms with Gasteiger partial charge in [0.1, 0.15) is 0 Å². The van der Waals surface area contributed by atoms with Gasteiger partial charge >= 0.3 is 0 Å². The first kappa shape index (κ1) is 22.1. The lowest BCUT2D eigenvalue weighted by atomic mass is 9.90. The van der Waals surface area contributed by atoms with Crippen LogP contribution in [0.25, 0.3) is 0 Å². The van der Waals surface area contributed by atoms with E-state index in [4.69, 9.17) is 0 Å². The standard InChI is InChI=1S/C28H31N5O/c1-20-14-21(2)33(31-20)18-23-10-6-11-24(16-23)28(34)32-13-7-12-25(19-32)27-26(17-29-30-27)15-22-8-4-3-5-9-22/h3-6,8-11,14,16-17,25H,7,12-13,15,18-19H2,1-2H3,(H,29,30)/t25-/m1/s1. The van der Waals surface area contributed by atoms with E-state index in [0.717, 1.165) is 48.3 Å². The Bertz CT molecular complexity index is 1270. The van der Waals surface area contributed by atoms with Crippen LogP contribution < -0.4 is 0 Å². The molecule has 0 saturated carbocycles. The molecule has 0 bridgehead atoms. The minimum absolute atomic E-state index is 0.101. The third kappa shape index (κ3) is 4.81. The maximum atomic E-state index is 13.4. The zero-order chi connectivity index (χ0) is 23.5. The SMILES string of the molecule is Cc1cc(C)n(Cc2cccc(C(=O)N3CCC[C@@H](c4[nH]ncc4Cc4ccccc4)C3)c2)n1. The second-order valence-electron chi connectivity index (χ2n) is 9.35. The molecule has 2 aromatic heterocycles. The number of hydrogen-bond acceptors (Lipinski definition) is 3. The van der Waals surface area contributed by atoms with E-state index in [1.807, 2.05) is 47.0 Å². The molecule has 0 spiro atoms. The number of nitrogens with zero attached hydrogens (tertiary/aromatic N) is 4. The second kappa shape index (κ2) is 9.67. The van der Waals surface area contributed by atoms with Crippen LogP contribution in [-0.2, 0) is 13.0 Å². The molecule has 0 radical (unpaired) electrons. The average Bonchev–Trinajstić information content (AvgIpc) is 3.44. The minimum Gasteiger partial charge on any atom is -0.338 e. The van der Waals surface area contributed by atoms with Crippen LogP contribution in [0.4, 0.5) is 0 Å². The van der Waals surface area contributed by atoms with Gasteiger partial charge in [-0.3, -0.25) is 14.6 Å².